The second-order valence-corrected chi connectivity index (χ2v) is 9.37. The minimum atomic E-state index is -0.465. The molecule has 1 saturated heterocycles. The standard InChI is InChI=1S/C27H28N4O3S/c1-30-13-12-28-25(30)24(20-10-6-7-11-22(20)33-2)29-26(32)23-18-21(19-8-4-3-5-9-19)27(35-23)31-14-16-34-17-15-31/h3-13,18,24H,14-17H2,1-2H3,(H,29,32)/t24-/m1/s1. The minimum Gasteiger partial charge on any atom is -0.496 e. The van der Waals surface area contributed by atoms with Gasteiger partial charge in [0.05, 0.1) is 30.2 Å². The molecule has 0 unspecified atom stereocenters. The molecule has 0 radical (unpaired) electrons. The van der Waals surface area contributed by atoms with Gasteiger partial charge in [0.1, 0.15) is 17.6 Å². The molecule has 2 aromatic heterocycles. The van der Waals surface area contributed by atoms with Gasteiger partial charge < -0.3 is 24.3 Å². The zero-order valence-corrected chi connectivity index (χ0v) is 20.6. The van der Waals surface area contributed by atoms with E-state index in [4.69, 9.17) is 9.47 Å². The van der Waals surface area contributed by atoms with Crippen LogP contribution in [-0.4, -0.2) is 48.9 Å². The molecule has 180 valence electrons. The number of amides is 1. The average molecular weight is 489 g/mol. The highest BCUT2D eigenvalue weighted by Crippen LogP contribution is 2.40. The Hall–Kier alpha value is -3.62. The summed E-state index contributed by atoms with van der Waals surface area (Å²) in [4.78, 5) is 21.2. The minimum absolute atomic E-state index is 0.148. The van der Waals surface area contributed by atoms with Crippen molar-refractivity contribution in [3.8, 4) is 16.9 Å². The fourth-order valence-electron chi connectivity index (χ4n) is 4.36. The number of morpholine rings is 1. The number of hydrogen-bond acceptors (Lipinski definition) is 6. The quantitative estimate of drug-likeness (QED) is 0.415. The van der Waals surface area contributed by atoms with Crippen molar-refractivity contribution in [1.29, 1.82) is 0 Å². The van der Waals surface area contributed by atoms with Gasteiger partial charge in [-0.15, -0.1) is 11.3 Å². The van der Waals surface area contributed by atoms with Gasteiger partial charge in [-0.05, 0) is 17.7 Å². The number of carbonyl (C=O) groups excluding carboxylic acids is 1. The number of ether oxygens (including phenoxy) is 2. The van der Waals surface area contributed by atoms with E-state index >= 15 is 0 Å². The van der Waals surface area contributed by atoms with E-state index in [1.165, 1.54) is 11.3 Å². The molecule has 0 aliphatic carbocycles. The molecule has 1 aliphatic heterocycles. The molecule has 3 heterocycles. The second-order valence-electron chi connectivity index (χ2n) is 8.34. The molecule has 1 amide bonds. The van der Waals surface area contributed by atoms with Crippen molar-refractivity contribution in [2.45, 2.75) is 6.04 Å². The number of imidazole rings is 1. The molecule has 0 saturated carbocycles. The van der Waals surface area contributed by atoms with Crippen LogP contribution in [0, 0.1) is 0 Å². The van der Waals surface area contributed by atoms with E-state index in [2.05, 4.69) is 27.3 Å². The van der Waals surface area contributed by atoms with Crippen LogP contribution in [0.5, 0.6) is 5.75 Å². The van der Waals surface area contributed by atoms with Crippen LogP contribution in [0.2, 0.25) is 0 Å². The first-order chi connectivity index (χ1) is 17.2. The Balaban J connectivity index is 1.52. The number of nitrogens with zero attached hydrogens (tertiary/aromatic N) is 3. The molecule has 7 nitrogen and oxygen atoms in total. The number of methoxy groups -OCH3 is 1. The molecule has 1 fully saturated rings. The Bertz CT molecular complexity index is 1290. The van der Waals surface area contributed by atoms with Crippen molar-refractivity contribution in [1.82, 2.24) is 14.9 Å². The summed E-state index contributed by atoms with van der Waals surface area (Å²) in [6, 6.07) is 19.5. The number of hydrogen-bond donors (Lipinski definition) is 1. The molecule has 1 aliphatic rings. The molecule has 1 N–H and O–H groups in total. The highest BCUT2D eigenvalue weighted by molar-refractivity contribution is 7.18. The van der Waals surface area contributed by atoms with E-state index in [9.17, 15) is 4.79 Å². The molecule has 0 bridgehead atoms. The Morgan fingerprint density at radius 1 is 1.11 bits per heavy atom. The highest BCUT2D eigenvalue weighted by Gasteiger charge is 2.27. The first kappa shape index (κ1) is 23.1. The summed E-state index contributed by atoms with van der Waals surface area (Å²) in [7, 11) is 3.56. The van der Waals surface area contributed by atoms with Gasteiger partial charge in [-0.2, -0.15) is 0 Å². The number of nitrogens with one attached hydrogen (secondary N) is 1. The summed E-state index contributed by atoms with van der Waals surface area (Å²) in [6.45, 7) is 2.97. The van der Waals surface area contributed by atoms with Crippen LogP contribution in [0.4, 0.5) is 5.00 Å². The normalized spacial score (nSPS) is 14.5. The average Bonchev–Trinajstić information content (AvgIpc) is 3.55. The summed E-state index contributed by atoms with van der Waals surface area (Å²) >= 11 is 1.52. The monoisotopic (exact) mass is 488 g/mol. The number of aromatic nitrogens is 2. The van der Waals surface area contributed by atoms with Gasteiger partial charge in [0.2, 0.25) is 0 Å². The molecular formula is C27H28N4O3S. The Morgan fingerprint density at radius 3 is 2.57 bits per heavy atom. The number of thiophene rings is 1. The summed E-state index contributed by atoms with van der Waals surface area (Å²) in [5.41, 5.74) is 3.01. The van der Waals surface area contributed by atoms with Crippen molar-refractivity contribution in [3.63, 3.8) is 0 Å². The molecule has 8 heteroatoms. The number of carbonyl (C=O) groups is 1. The van der Waals surface area contributed by atoms with E-state index in [1.807, 2.05) is 66.3 Å². The zero-order chi connectivity index (χ0) is 24.2. The SMILES string of the molecule is COc1ccccc1[C@@H](NC(=O)c1cc(-c2ccccc2)c(N2CCOCC2)s1)c1nccn1C. The smallest absolute Gasteiger partial charge is 0.262 e. The van der Waals surface area contributed by atoms with Gasteiger partial charge in [0.15, 0.2) is 0 Å². The van der Waals surface area contributed by atoms with E-state index in [-0.39, 0.29) is 5.91 Å². The van der Waals surface area contributed by atoms with Crippen molar-refractivity contribution >= 4 is 22.2 Å². The van der Waals surface area contributed by atoms with Crippen molar-refractivity contribution in [2.75, 3.05) is 38.3 Å². The third kappa shape index (κ3) is 4.80. The second kappa shape index (κ2) is 10.3. The zero-order valence-electron chi connectivity index (χ0n) is 19.8. The molecule has 1 atom stereocenters. The van der Waals surface area contributed by atoms with Gasteiger partial charge in [-0.3, -0.25) is 4.79 Å². The predicted octanol–water partition coefficient (Wildman–Crippen LogP) is 4.51. The lowest BCUT2D eigenvalue weighted by molar-refractivity contribution is 0.0945. The molecular weight excluding hydrogens is 460 g/mol. The number of aryl methyl sites for hydroxylation is 1. The topological polar surface area (TPSA) is 68.6 Å². The van der Waals surface area contributed by atoms with Gasteiger partial charge in [-0.25, -0.2) is 4.98 Å². The fraction of sp³-hybridized carbons (Fsp3) is 0.259. The third-order valence-corrected chi connectivity index (χ3v) is 7.36. The Morgan fingerprint density at radius 2 is 1.86 bits per heavy atom. The maximum atomic E-state index is 13.7. The summed E-state index contributed by atoms with van der Waals surface area (Å²) in [5.74, 6) is 1.28. The predicted molar refractivity (Wildman–Crippen MR) is 138 cm³/mol. The van der Waals surface area contributed by atoms with Crippen LogP contribution >= 0.6 is 11.3 Å². The van der Waals surface area contributed by atoms with Crippen molar-refractivity contribution < 1.29 is 14.3 Å². The summed E-state index contributed by atoms with van der Waals surface area (Å²) in [5, 5.41) is 4.32. The van der Waals surface area contributed by atoms with Crippen molar-refractivity contribution in [2.24, 2.45) is 7.05 Å². The van der Waals surface area contributed by atoms with Gasteiger partial charge in [0, 0.05) is 43.7 Å². The largest absolute Gasteiger partial charge is 0.496 e. The van der Waals surface area contributed by atoms with E-state index in [1.54, 1.807) is 13.3 Å². The maximum Gasteiger partial charge on any atom is 0.262 e. The lowest BCUT2D eigenvalue weighted by atomic mass is 10.0. The fourth-order valence-corrected chi connectivity index (χ4v) is 5.50. The van der Waals surface area contributed by atoms with Crippen molar-refractivity contribution in [3.05, 3.63) is 89.3 Å². The number of para-hydroxylation sites is 1. The van der Waals surface area contributed by atoms with Gasteiger partial charge >= 0.3 is 0 Å². The van der Waals surface area contributed by atoms with Crippen LogP contribution in [0.3, 0.4) is 0 Å². The van der Waals surface area contributed by atoms with Gasteiger partial charge in [0.25, 0.3) is 5.91 Å². The van der Waals surface area contributed by atoms with Crippen LogP contribution in [0.25, 0.3) is 11.1 Å². The molecule has 35 heavy (non-hydrogen) atoms. The van der Waals surface area contributed by atoms with Gasteiger partial charge in [-0.1, -0.05) is 48.5 Å². The first-order valence-electron chi connectivity index (χ1n) is 11.6. The molecule has 5 rings (SSSR count). The summed E-state index contributed by atoms with van der Waals surface area (Å²) in [6.07, 6.45) is 3.61. The highest BCUT2D eigenvalue weighted by atomic mass is 32.1. The van der Waals surface area contributed by atoms with Crippen LogP contribution < -0.4 is 15.0 Å². The Kier molecular flexibility index (Phi) is 6.83. The third-order valence-electron chi connectivity index (χ3n) is 6.16. The number of anilines is 1. The van der Waals surface area contributed by atoms with E-state index < -0.39 is 6.04 Å². The molecule has 4 aromatic rings. The van der Waals surface area contributed by atoms with E-state index in [0.717, 1.165) is 40.6 Å². The molecule has 2 aromatic carbocycles. The lowest BCUT2D eigenvalue weighted by Gasteiger charge is -2.28. The Labute approximate surface area is 208 Å². The van der Waals surface area contributed by atoms with Crippen LogP contribution in [-0.2, 0) is 11.8 Å². The van der Waals surface area contributed by atoms with E-state index in [0.29, 0.717) is 23.8 Å². The first-order valence-corrected chi connectivity index (χ1v) is 12.4. The number of benzene rings is 2. The van der Waals surface area contributed by atoms with Crippen LogP contribution in [0.15, 0.2) is 73.1 Å². The number of rotatable bonds is 7. The van der Waals surface area contributed by atoms with Crippen LogP contribution in [0.1, 0.15) is 27.1 Å². The maximum absolute atomic E-state index is 13.7. The molecule has 0 spiro atoms. The lowest BCUT2D eigenvalue weighted by Crippen LogP contribution is -2.35. The summed E-state index contributed by atoms with van der Waals surface area (Å²) < 4.78 is 13.1.